The van der Waals surface area contributed by atoms with Crippen LogP contribution in [-0.4, -0.2) is 40.8 Å². The molecule has 5 rings (SSSR count). The summed E-state index contributed by atoms with van der Waals surface area (Å²) in [7, 11) is 3.19. The number of hydrogen-bond donors (Lipinski definition) is 0. The quantitative estimate of drug-likeness (QED) is 0.248. The molecule has 0 spiro atoms. The average molecular weight is 496 g/mol. The van der Waals surface area contributed by atoms with Crippen LogP contribution in [0.2, 0.25) is 0 Å². The number of fused-ring (bicyclic) bond motifs is 2. The van der Waals surface area contributed by atoms with E-state index < -0.39 is 0 Å². The van der Waals surface area contributed by atoms with Crippen molar-refractivity contribution in [3.63, 3.8) is 0 Å². The standard InChI is InChI=1S/C30H29N3O2S/c1-18-16-26(19(2)15-20(18)17-21-27(34)31(5)29(36)32(6)28(21)35)33-24-13-9-7-11-22(24)30(3,4)23-12-8-10-14-25(23)33/h7-17H,1-6H3. The smallest absolute Gasteiger partial charge is 0.265 e. The number of benzene rings is 3. The number of rotatable bonds is 2. The van der Waals surface area contributed by atoms with Crippen LogP contribution in [0.15, 0.2) is 66.2 Å². The molecule has 3 aromatic carbocycles. The molecule has 0 aromatic heterocycles. The van der Waals surface area contributed by atoms with Crippen LogP contribution < -0.4 is 4.90 Å². The molecule has 1 saturated heterocycles. The molecule has 3 aromatic rings. The van der Waals surface area contributed by atoms with Gasteiger partial charge in [0.2, 0.25) is 0 Å². The largest absolute Gasteiger partial charge is 0.310 e. The molecule has 2 aliphatic rings. The minimum atomic E-state index is -0.384. The summed E-state index contributed by atoms with van der Waals surface area (Å²) in [5.41, 5.74) is 8.76. The predicted octanol–water partition coefficient (Wildman–Crippen LogP) is 6.01. The molecule has 2 amide bonds. The second-order valence-corrected chi connectivity index (χ2v) is 10.4. The van der Waals surface area contributed by atoms with Crippen LogP contribution in [0, 0.1) is 13.8 Å². The Morgan fingerprint density at radius 3 is 1.78 bits per heavy atom. The van der Waals surface area contributed by atoms with Crippen LogP contribution in [0.4, 0.5) is 17.1 Å². The van der Waals surface area contributed by atoms with Gasteiger partial charge in [-0.05, 0) is 84.2 Å². The molecule has 182 valence electrons. The summed E-state index contributed by atoms with van der Waals surface area (Å²) in [5, 5.41) is 0.204. The maximum Gasteiger partial charge on any atom is 0.265 e. The molecule has 0 aliphatic carbocycles. The van der Waals surface area contributed by atoms with Gasteiger partial charge in [0.15, 0.2) is 5.11 Å². The minimum absolute atomic E-state index is 0.110. The minimum Gasteiger partial charge on any atom is -0.310 e. The highest BCUT2D eigenvalue weighted by Gasteiger charge is 2.37. The monoisotopic (exact) mass is 495 g/mol. The van der Waals surface area contributed by atoms with Crippen LogP contribution >= 0.6 is 12.2 Å². The van der Waals surface area contributed by atoms with Gasteiger partial charge in [-0.3, -0.25) is 19.4 Å². The molecule has 0 N–H and O–H groups in total. The summed E-state index contributed by atoms with van der Waals surface area (Å²) in [4.78, 5) is 30.7. The van der Waals surface area contributed by atoms with E-state index in [1.165, 1.54) is 20.9 Å². The van der Waals surface area contributed by atoms with Crippen LogP contribution in [0.3, 0.4) is 0 Å². The van der Waals surface area contributed by atoms with E-state index in [-0.39, 0.29) is 27.9 Å². The lowest BCUT2D eigenvalue weighted by Crippen LogP contribution is -2.52. The molecule has 0 saturated carbocycles. The number of likely N-dealkylation sites (N-methyl/N-ethyl adjacent to an activating group) is 2. The predicted molar refractivity (Wildman–Crippen MR) is 149 cm³/mol. The Hall–Kier alpha value is -3.77. The SMILES string of the molecule is Cc1cc(N2c3ccccc3C(C)(C)c3ccccc32)c(C)cc1C=C1C(=O)N(C)C(=S)N(C)C1=O. The number of hydrogen-bond acceptors (Lipinski definition) is 4. The van der Waals surface area contributed by atoms with Crippen LogP contribution in [0.5, 0.6) is 0 Å². The van der Waals surface area contributed by atoms with Gasteiger partial charge >= 0.3 is 0 Å². The van der Waals surface area contributed by atoms with Crippen molar-refractivity contribution in [2.75, 3.05) is 19.0 Å². The Balaban J connectivity index is 1.66. The Kier molecular flexibility index (Phi) is 5.60. The van der Waals surface area contributed by atoms with Crippen molar-refractivity contribution < 1.29 is 9.59 Å². The van der Waals surface area contributed by atoms with Gasteiger partial charge in [-0.15, -0.1) is 0 Å². The topological polar surface area (TPSA) is 43.9 Å². The lowest BCUT2D eigenvalue weighted by Gasteiger charge is -2.42. The van der Waals surface area contributed by atoms with Gasteiger partial charge in [0.05, 0.1) is 11.4 Å². The van der Waals surface area contributed by atoms with E-state index in [9.17, 15) is 9.59 Å². The second kappa shape index (κ2) is 8.42. The van der Waals surface area contributed by atoms with Crippen molar-refractivity contribution >= 4 is 52.3 Å². The highest BCUT2D eigenvalue weighted by atomic mass is 32.1. The molecule has 1 fully saturated rings. The Bertz CT molecular complexity index is 1410. The van der Waals surface area contributed by atoms with E-state index in [1.807, 2.05) is 6.92 Å². The zero-order valence-electron chi connectivity index (χ0n) is 21.4. The maximum atomic E-state index is 12.9. The lowest BCUT2D eigenvalue weighted by molar-refractivity contribution is -0.132. The van der Waals surface area contributed by atoms with Gasteiger partial charge in [-0.25, -0.2) is 0 Å². The number of anilines is 3. The van der Waals surface area contributed by atoms with E-state index >= 15 is 0 Å². The van der Waals surface area contributed by atoms with Crippen molar-refractivity contribution in [1.82, 2.24) is 9.80 Å². The number of nitrogens with zero attached hydrogens (tertiary/aromatic N) is 3. The third-order valence-electron chi connectivity index (χ3n) is 7.41. The summed E-state index contributed by atoms with van der Waals surface area (Å²) in [6, 6.07) is 21.3. The van der Waals surface area contributed by atoms with Crippen LogP contribution in [0.1, 0.15) is 41.7 Å². The van der Waals surface area contributed by atoms with Gasteiger partial charge in [0.1, 0.15) is 5.57 Å². The molecule has 5 nitrogen and oxygen atoms in total. The number of thiocarbonyl (C=S) groups is 1. The maximum absolute atomic E-state index is 12.9. The summed E-state index contributed by atoms with van der Waals surface area (Å²) < 4.78 is 0. The normalized spacial score (nSPS) is 16.8. The van der Waals surface area contributed by atoms with Gasteiger partial charge in [0, 0.05) is 25.2 Å². The summed E-state index contributed by atoms with van der Waals surface area (Å²) in [6.45, 7) is 8.62. The lowest BCUT2D eigenvalue weighted by atomic mass is 9.73. The summed E-state index contributed by atoms with van der Waals surface area (Å²) in [5.74, 6) is -0.768. The molecule has 0 bridgehead atoms. The summed E-state index contributed by atoms with van der Waals surface area (Å²) in [6.07, 6.45) is 1.69. The van der Waals surface area contributed by atoms with Crippen molar-refractivity contribution in [1.29, 1.82) is 0 Å². The van der Waals surface area contributed by atoms with Crippen molar-refractivity contribution in [2.45, 2.75) is 33.1 Å². The number of para-hydroxylation sites is 2. The van der Waals surface area contributed by atoms with Crippen molar-refractivity contribution in [2.24, 2.45) is 0 Å². The number of amides is 2. The fraction of sp³-hybridized carbons (Fsp3) is 0.233. The van der Waals surface area contributed by atoms with Crippen molar-refractivity contribution in [3.05, 3.63) is 94.1 Å². The van der Waals surface area contributed by atoms with E-state index in [4.69, 9.17) is 12.2 Å². The fourth-order valence-corrected chi connectivity index (χ4v) is 5.44. The molecular weight excluding hydrogens is 466 g/mol. The number of carbonyl (C=O) groups is 2. The Labute approximate surface area is 217 Å². The van der Waals surface area contributed by atoms with E-state index in [1.54, 1.807) is 20.2 Å². The number of aryl methyl sites for hydroxylation is 2. The first-order chi connectivity index (χ1) is 17.0. The van der Waals surface area contributed by atoms with Gasteiger partial charge in [0.25, 0.3) is 11.8 Å². The van der Waals surface area contributed by atoms with E-state index in [0.29, 0.717) is 0 Å². The molecule has 0 atom stereocenters. The Morgan fingerprint density at radius 1 is 0.750 bits per heavy atom. The van der Waals surface area contributed by atoms with Crippen LogP contribution in [0.25, 0.3) is 6.08 Å². The first kappa shape index (κ1) is 23.9. The van der Waals surface area contributed by atoms with Crippen LogP contribution in [-0.2, 0) is 15.0 Å². The molecule has 2 heterocycles. The molecule has 36 heavy (non-hydrogen) atoms. The first-order valence-electron chi connectivity index (χ1n) is 12.0. The van der Waals surface area contributed by atoms with E-state index in [0.717, 1.165) is 33.8 Å². The fourth-order valence-electron chi connectivity index (χ4n) is 5.28. The molecule has 6 heteroatoms. The molecule has 2 aliphatic heterocycles. The van der Waals surface area contributed by atoms with Gasteiger partial charge in [-0.1, -0.05) is 50.2 Å². The zero-order valence-corrected chi connectivity index (χ0v) is 22.2. The van der Waals surface area contributed by atoms with E-state index in [2.05, 4.69) is 86.3 Å². The van der Waals surface area contributed by atoms with Crippen molar-refractivity contribution in [3.8, 4) is 0 Å². The second-order valence-electron chi connectivity index (χ2n) is 10.1. The third kappa shape index (κ3) is 3.47. The highest BCUT2D eigenvalue weighted by Crippen LogP contribution is 2.52. The zero-order chi connectivity index (χ0) is 25.9. The van der Waals surface area contributed by atoms with Gasteiger partial charge in [-0.2, -0.15) is 0 Å². The number of carbonyl (C=O) groups excluding carboxylic acids is 2. The first-order valence-corrected chi connectivity index (χ1v) is 12.4. The van der Waals surface area contributed by atoms with Gasteiger partial charge < -0.3 is 4.90 Å². The molecule has 0 unspecified atom stereocenters. The molecule has 0 radical (unpaired) electrons. The third-order valence-corrected chi connectivity index (χ3v) is 7.95. The Morgan fingerprint density at radius 2 is 1.25 bits per heavy atom. The molecular formula is C30H29N3O2S. The average Bonchev–Trinajstić information content (AvgIpc) is 2.87. The summed E-state index contributed by atoms with van der Waals surface area (Å²) >= 11 is 5.22. The highest BCUT2D eigenvalue weighted by molar-refractivity contribution is 7.80.